The molecule has 1 fully saturated rings. The van der Waals surface area contributed by atoms with Crippen molar-refractivity contribution in [1.29, 1.82) is 0 Å². The van der Waals surface area contributed by atoms with E-state index < -0.39 is 0 Å². The molecule has 0 atom stereocenters. The van der Waals surface area contributed by atoms with Gasteiger partial charge in [-0.05, 0) is 25.8 Å². The van der Waals surface area contributed by atoms with Gasteiger partial charge in [0.25, 0.3) is 5.91 Å². The van der Waals surface area contributed by atoms with E-state index in [0.29, 0.717) is 23.8 Å². The van der Waals surface area contributed by atoms with Crippen molar-refractivity contribution in [1.82, 2.24) is 15.2 Å². The third kappa shape index (κ3) is 4.70. The van der Waals surface area contributed by atoms with Gasteiger partial charge in [0.2, 0.25) is 0 Å². The van der Waals surface area contributed by atoms with Crippen LogP contribution in [-0.4, -0.2) is 35.4 Å². The van der Waals surface area contributed by atoms with Crippen LogP contribution in [0.1, 0.15) is 66.3 Å². The Labute approximate surface area is 132 Å². The van der Waals surface area contributed by atoms with Gasteiger partial charge in [0.15, 0.2) is 5.78 Å². The molecule has 22 heavy (non-hydrogen) atoms. The van der Waals surface area contributed by atoms with Crippen molar-refractivity contribution in [2.75, 3.05) is 13.1 Å². The SMILES string of the molecule is CC(=O)c1cc(C(=O)NCCNC2CCCCCC2)n(C)c1. The maximum atomic E-state index is 12.1. The number of hydrogen-bond donors (Lipinski definition) is 2. The average Bonchev–Trinajstić information content (AvgIpc) is 2.71. The van der Waals surface area contributed by atoms with E-state index in [4.69, 9.17) is 0 Å². The predicted molar refractivity (Wildman–Crippen MR) is 87.2 cm³/mol. The van der Waals surface area contributed by atoms with Crippen LogP contribution in [0.4, 0.5) is 0 Å². The highest BCUT2D eigenvalue weighted by atomic mass is 16.2. The molecule has 0 unspecified atom stereocenters. The molecule has 0 saturated heterocycles. The molecule has 0 spiro atoms. The van der Waals surface area contributed by atoms with Gasteiger partial charge in [-0.25, -0.2) is 0 Å². The van der Waals surface area contributed by atoms with Gasteiger partial charge in [0.05, 0.1) is 0 Å². The lowest BCUT2D eigenvalue weighted by Gasteiger charge is -2.16. The second-order valence-electron chi connectivity index (χ2n) is 6.18. The summed E-state index contributed by atoms with van der Waals surface area (Å²) in [6, 6.07) is 2.25. The highest BCUT2D eigenvalue weighted by molar-refractivity contribution is 5.99. The Morgan fingerprint density at radius 1 is 1.18 bits per heavy atom. The molecule has 5 nitrogen and oxygen atoms in total. The van der Waals surface area contributed by atoms with Gasteiger partial charge in [0.1, 0.15) is 5.69 Å². The van der Waals surface area contributed by atoms with Crippen molar-refractivity contribution < 1.29 is 9.59 Å². The summed E-state index contributed by atoms with van der Waals surface area (Å²) >= 11 is 0. The summed E-state index contributed by atoms with van der Waals surface area (Å²) in [4.78, 5) is 23.5. The number of carbonyl (C=O) groups is 2. The second-order valence-corrected chi connectivity index (χ2v) is 6.18. The Bertz CT molecular complexity index is 514. The minimum atomic E-state index is -0.127. The minimum Gasteiger partial charge on any atom is -0.349 e. The lowest BCUT2D eigenvalue weighted by molar-refractivity contribution is 0.0945. The van der Waals surface area contributed by atoms with Crippen LogP contribution in [-0.2, 0) is 7.05 Å². The normalized spacial score (nSPS) is 16.3. The summed E-state index contributed by atoms with van der Waals surface area (Å²) < 4.78 is 1.70. The van der Waals surface area contributed by atoms with E-state index in [9.17, 15) is 9.59 Å². The largest absolute Gasteiger partial charge is 0.349 e. The topological polar surface area (TPSA) is 63.1 Å². The van der Waals surface area contributed by atoms with Crippen molar-refractivity contribution in [2.24, 2.45) is 7.05 Å². The number of Topliss-reactive ketones (excluding diaryl/α,β-unsaturated/α-hetero) is 1. The first-order valence-corrected chi connectivity index (χ1v) is 8.27. The van der Waals surface area contributed by atoms with E-state index in [1.807, 2.05) is 0 Å². The molecular formula is C17H27N3O2. The average molecular weight is 305 g/mol. The smallest absolute Gasteiger partial charge is 0.267 e. The molecule has 2 rings (SSSR count). The van der Waals surface area contributed by atoms with Gasteiger partial charge in [-0.2, -0.15) is 0 Å². The molecule has 1 aliphatic carbocycles. The van der Waals surface area contributed by atoms with Crippen molar-refractivity contribution in [3.05, 3.63) is 23.5 Å². The Hall–Kier alpha value is -1.62. The molecule has 1 amide bonds. The molecule has 5 heteroatoms. The van der Waals surface area contributed by atoms with Crippen LogP contribution in [0.3, 0.4) is 0 Å². The van der Waals surface area contributed by atoms with E-state index in [2.05, 4.69) is 10.6 Å². The zero-order valence-electron chi connectivity index (χ0n) is 13.7. The van der Waals surface area contributed by atoms with Crippen LogP contribution in [0.5, 0.6) is 0 Å². The van der Waals surface area contributed by atoms with Crippen LogP contribution in [0, 0.1) is 0 Å². The van der Waals surface area contributed by atoms with Crippen molar-refractivity contribution in [3.8, 4) is 0 Å². The summed E-state index contributed by atoms with van der Waals surface area (Å²) in [5, 5.41) is 6.44. The van der Waals surface area contributed by atoms with Gasteiger partial charge >= 0.3 is 0 Å². The monoisotopic (exact) mass is 305 g/mol. The number of amides is 1. The molecule has 1 aromatic heterocycles. The van der Waals surface area contributed by atoms with E-state index >= 15 is 0 Å². The van der Waals surface area contributed by atoms with Gasteiger partial charge in [-0.1, -0.05) is 25.7 Å². The quantitative estimate of drug-likeness (QED) is 0.481. The van der Waals surface area contributed by atoms with Crippen molar-refractivity contribution >= 4 is 11.7 Å². The Balaban J connectivity index is 1.74. The third-order valence-electron chi connectivity index (χ3n) is 4.34. The zero-order chi connectivity index (χ0) is 15.9. The zero-order valence-corrected chi connectivity index (χ0v) is 13.7. The number of aromatic nitrogens is 1. The van der Waals surface area contributed by atoms with Crippen LogP contribution < -0.4 is 10.6 Å². The number of aryl methyl sites for hydroxylation is 1. The summed E-state index contributed by atoms with van der Waals surface area (Å²) in [6.07, 6.45) is 9.49. The molecule has 122 valence electrons. The lowest BCUT2D eigenvalue weighted by Crippen LogP contribution is -2.37. The number of ketones is 1. The number of carbonyl (C=O) groups excluding carboxylic acids is 2. The standard InChI is InChI=1S/C17H27N3O2/c1-13(21)14-11-16(20(2)12-14)17(22)19-10-9-18-15-7-5-3-4-6-8-15/h11-12,15,18H,3-10H2,1-2H3,(H,19,22). The first-order valence-electron chi connectivity index (χ1n) is 8.27. The van der Waals surface area contributed by atoms with E-state index in [0.717, 1.165) is 6.54 Å². The van der Waals surface area contributed by atoms with E-state index in [1.165, 1.54) is 45.4 Å². The second kappa shape index (κ2) is 8.13. The Kier molecular flexibility index (Phi) is 6.19. The molecule has 1 aliphatic rings. The molecule has 0 aromatic carbocycles. The molecule has 2 N–H and O–H groups in total. The van der Waals surface area contributed by atoms with Crippen LogP contribution in [0.25, 0.3) is 0 Å². The number of nitrogens with zero attached hydrogens (tertiary/aromatic N) is 1. The molecular weight excluding hydrogens is 278 g/mol. The number of rotatable bonds is 6. The maximum absolute atomic E-state index is 12.1. The fourth-order valence-corrected chi connectivity index (χ4v) is 3.01. The van der Waals surface area contributed by atoms with Gasteiger partial charge in [-0.15, -0.1) is 0 Å². The predicted octanol–water partition coefficient (Wildman–Crippen LogP) is 2.27. The van der Waals surface area contributed by atoms with Crippen molar-refractivity contribution in [3.63, 3.8) is 0 Å². The van der Waals surface area contributed by atoms with Crippen LogP contribution in [0.2, 0.25) is 0 Å². The summed E-state index contributed by atoms with van der Waals surface area (Å²) in [5.41, 5.74) is 1.10. The highest BCUT2D eigenvalue weighted by Crippen LogP contribution is 2.16. The van der Waals surface area contributed by atoms with Crippen molar-refractivity contribution in [2.45, 2.75) is 51.5 Å². The fraction of sp³-hybridized carbons (Fsp3) is 0.647. The molecule has 1 saturated carbocycles. The molecule has 1 heterocycles. The minimum absolute atomic E-state index is 0.0234. The number of hydrogen-bond acceptors (Lipinski definition) is 3. The molecule has 0 bridgehead atoms. The summed E-state index contributed by atoms with van der Waals surface area (Å²) in [5.74, 6) is -0.151. The lowest BCUT2D eigenvalue weighted by atomic mass is 10.1. The Morgan fingerprint density at radius 3 is 2.45 bits per heavy atom. The molecule has 0 aliphatic heterocycles. The van der Waals surface area contributed by atoms with Gasteiger partial charge < -0.3 is 15.2 Å². The first-order chi connectivity index (χ1) is 10.6. The third-order valence-corrected chi connectivity index (χ3v) is 4.34. The first kappa shape index (κ1) is 16.7. The summed E-state index contributed by atoms with van der Waals surface area (Å²) in [7, 11) is 1.78. The number of nitrogens with one attached hydrogen (secondary N) is 2. The van der Waals surface area contributed by atoms with Gasteiger partial charge in [-0.3, -0.25) is 9.59 Å². The van der Waals surface area contributed by atoms with Crippen LogP contribution >= 0.6 is 0 Å². The molecule has 1 aromatic rings. The highest BCUT2D eigenvalue weighted by Gasteiger charge is 2.14. The maximum Gasteiger partial charge on any atom is 0.267 e. The van der Waals surface area contributed by atoms with Crippen LogP contribution in [0.15, 0.2) is 12.3 Å². The Morgan fingerprint density at radius 2 is 1.86 bits per heavy atom. The van der Waals surface area contributed by atoms with E-state index in [-0.39, 0.29) is 11.7 Å². The molecule has 0 radical (unpaired) electrons. The van der Waals surface area contributed by atoms with Gasteiger partial charge in [0, 0.05) is 37.9 Å². The summed E-state index contributed by atoms with van der Waals surface area (Å²) in [6.45, 7) is 2.91. The fourth-order valence-electron chi connectivity index (χ4n) is 3.01. The van der Waals surface area contributed by atoms with E-state index in [1.54, 1.807) is 23.9 Å².